The molecule has 19 heavy (non-hydrogen) atoms. The molecule has 2 saturated heterocycles. The van der Waals surface area contributed by atoms with Crippen molar-refractivity contribution in [1.29, 1.82) is 0 Å². The highest BCUT2D eigenvalue weighted by molar-refractivity contribution is 5.77. The van der Waals surface area contributed by atoms with Crippen LogP contribution in [-0.2, 0) is 6.42 Å². The lowest BCUT2D eigenvalue weighted by Gasteiger charge is -2.27. The monoisotopic (exact) mass is 265 g/mol. The molecule has 0 radical (unpaired) electrons. The highest BCUT2D eigenvalue weighted by Gasteiger charge is 2.44. The summed E-state index contributed by atoms with van der Waals surface area (Å²) >= 11 is 0. The second kappa shape index (κ2) is 4.80. The summed E-state index contributed by atoms with van der Waals surface area (Å²) in [5.41, 5.74) is 5.46. The number of fused-ring (bicyclic) bond motifs is 2. The number of hydrogen-bond acceptors (Lipinski definition) is 5. The Morgan fingerprint density at radius 1 is 1.42 bits per heavy atom. The molecule has 2 fully saturated rings. The van der Waals surface area contributed by atoms with E-state index in [0.29, 0.717) is 30.8 Å². The molecule has 104 valence electrons. The second-order valence-corrected chi connectivity index (χ2v) is 5.22. The summed E-state index contributed by atoms with van der Waals surface area (Å²) in [6.07, 6.45) is 3.41. The number of piperidine rings is 1. The van der Waals surface area contributed by atoms with Crippen LogP contribution in [0.3, 0.4) is 0 Å². The van der Waals surface area contributed by atoms with Crippen LogP contribution < -0.4 is 5.73 Å². The number of aromatic nitrogens is 2. The van der Waals surface area contributed by atoms with Gasteiger partial charge >= 0.3 is 6.03 Å². The number of aryl methyl sites for hydroxylation is 1. The first-order valence-corrected chi connectivity index (χ1v) is 6.76. The minimum atomic E-state index is -0.0622. The lowest BCUT2D eigenvalue weighted by molar-refractivity contribution is 0.166. The first kappa shape index (κ1) is 12.4. The van der Waals surface area contributed by atoms with Crippen LogP contribution in [0.5, 0.6) is 0 Å². The van der Waals surface area contributed by atoms with E-state index in [1.807, 2.05) is 16.8 Å². The summed E-state index contributed by atoms with van der Waals surface area (Å²) in [6, 6.07) is 0.338. The molecule has 2 amide bonds. The van der Waals surface area contributed by atoms with E-state index in [1.165, 1.54) is 0 Å². The fourth-order valence-corrected chi connectivity index (χ4v) is 2.85. The van der Waals surface area contributed by atoms with Gasteiger partial charge in [-0.3, -0.25) is 0 Å². The maximum atomic E-state index is 12.1. The molecular weight excluding hydrogens is 246 g/mol. The van der Waals surface area contributed by atoms with Crippen LogP contribution in [0.2, 0.25) is 0 Å². The number of amides is 2. The Morgan fingerprint density at radius 3 is 3.05 bits per heavy atom. The van der Waals surface area contributed by atoms with Crippen LogP contribution in [0.1, 0.15) is 37.1 Å². The number of carbonyl (C=O) groups excluding carboxylic acids is 1. The van der Waals surface area contributed by atoms with Crippen molar-refractivity contribution < 1.29 is 9.21 Å². The van der Waals surface area contributed by atoms with Gasteiger partial charge in [-0.15, -0.1) is 10.2 Å². The maximum Gasteiger partial charge on any atom is 0.320 e. The number of carbonyl (C=O) groups is 1. The Morgan fingerprint density at radius 2 is 2.26 bits per heavy atom. The predicted molar refractivity (Wildman–Crippen MR) is 67.3 cm³/mol. The molecule has 0 aromatic carbocycles. The van der Waals surface area contributed by atoms with E-state index < -0.39 is 0 Å². The fraction of sp³-hybridized carbons (Fsp3) is 0.750. The van der Waals surface area contributed by atoms with Crippen molar-refractivity contribution in [2.75, 3.05) is 20.1 Å². The fourth-order valence-electron chi connectivity index (χ4n) is 2.85. The van der Waals surface area contributed by atoms with Gasteiger partial charge in [0, 0.05) is 20.0 Å². The van der Waals surface area contributed by atoms with Crippen molar-refractivity contribution in [2.45, 2.75) is 37.8 Å². The Bertz CT molecular complexity index is 474. The summed E-state index contributed by atoms with van der Waals surface area (Å²) in [4.78, 5) is 15.7. The Hall–Kier alpha value is -1.63. The van der Waals surface area contributed by atoms with Crippen molar-refractivity contribution in [3.63, 3.8) is 0 Å². The standard InChI is InChI=1S/C12H19N5O2/c1-16-8-4-5-9(17(7-8)12(16)18)11-15-14-10(19-11)3-2-6-13/h8-9H,2-7,13H2,1H3/t8-,9+/m1/s1. The summed E-state index contributed by atoms with van der Waals surface area (Å²) in [5.74, 6) is 1.18. The number of nitrogens with two attached hydrogens (primary N) is 1. The Kier molecular flexibility index (Phi) is 3.14. The zero-order chi connectivity index (χ0) is 13.4. The molecule has 0 aliphatic carbocycles. The molecule has 0 spiro atoms. The molecular formula is C12H19N5O2. The van der Waals surface area contributed by atoms with Gasteiger partial charge in [-0.05, 0) is 25.8 Å². The molecule has 2 N–H and O–H groups in total. The van der Waals surface area contributed by atoms with E-state index >= 15 is 0 Å². The average molecular weight is 265 g/mol. The third kappa shape index (κ3) is 2.07. The molecule has 0 unspecified atom stereocenters. The van der Waals surface area contributed by atoms with Gasteiger partial charge in [-0.25, -0.2) is 4.79 Å². The van der Waals surface area contributed by atoms with Crippen molar-refractivity contribution >= 4 is 6.03 Å². The lowest BCUT2D eigenvalue weighted by atomic mass is 10.0. The number of hydrogen-bond donors (Lipinski definition) is 1. The zero-order valence-electron chi connectivity index (χ0n) is 11.1. The lowest BCUT2D eigenvalue weighted by Crippen LogP contribution is -2.34. The van der Waals surface area contributed by atoms with Gasteiger partial charge in [0.05, 0.1) is 6.04 Å². The van der Waals surface area contributed by atoms with Crippen LogP contribution in [0.4, 0.5) is 4.79 Å². The van der Waals surface area contributed by atoms with E-state index in [4.69, 9.17) is 10.2 Å². The van der Waals surface area contributed by atoms with Crippen LogP contribution in [0.15, 0.2) is 4.42 Å². The number of urea groups is 1. The van der Waals surface area contributed by atoms with E-state index in [-0.39, 0.29) is 12.1 Å². The topological polar surface area (TPSA) is 88.5 Å². The van der Waals surface area contributed by atoms with Crippen LogP contribution >= 0.6 is 0 Å². The smallest absolute Gasteiger partial charge is 0.320 e. The molecule has 2 bridgehead atoms. The summed E-state index contributed by atoms with van der Waals surface area (Å²) < 4.78 is 5.67. The van der Waals surface area contributed by atoms with Crippen LogP contribution in [-0.4, -0.2) is 52.2 Å². The van der Waals surface area contributed by atoms with Crippen molar-refractivity contribution in [1.82, 2.24) is 20.0 Å². The summed E-state index contributed by atoms with van der Waals surface area (Å²) in [7, 11) is 1.86. The maximum absolute atomic E-state index is 12.1. The first-order chi connectivity index (χ1) is 9.20. The molecule has 2 aliphatic heterocycles. The second-order valence-electron chi connectivity index (χ2n) is 5.22. The van der Waals surface area contributed by atoms with Gasteiger partial charge < -0.3 is 20.0 Å². The molecule has 7 nitrogen and oxygen atoms in total. The summed E-state index contributed by atoms with van der Waals surface area (Å²) in [5, 5.41) is 8.13. The van der Waals surface area contributed by atoms with E-state index in [9.17, 15) is 4.79 Å². The predicted octanol–water partition coefficient (Wildman–Crippen LogP) is 0.532. The van der Waals surface area contributed by atoms with Crippen LogP contribution in [0.25, 0.3) is 0 Å². The molecule has 0 saturated carbocycles. The molecule has 7 heteroatoms. The van der Waals surface area contributed by atoms with Crippen molar-refractivity contribution in [3.05, 3.63) is 11.8 Å². The molecule has 3 heterocycles. The molecule has 2 atom stereocenters. The highest BCUT2D eigenvalue weighted by atomic mass is 16.4. The van der Waals surface area contributed by atoms with Gasteiger partial charge in [0.2, 0.25) is 11.8 Å². The average Bonchev–Trinajstić information content (AvgIpc) is 2.98. The van der Waals surface area contributed by atoms with Crippen LogP contribution in [0, 0.1) is 0 Å². The Balaban J connectivity index is 1.75. The zero-order valence-corrected chi connectivity index (χ0v) is 11.1. The largest absolute Gasteiger partial charge is 0.423 e. The number of likely N-dealkylation sites (N-methyl/N-ethyl adjacent to an activating group) is 1. The SMILES string of the molecule is CN1C(=O)N2C[C@H]1CC[C@H]2c1nnc(CCCN)o1. The normalized spacial score (nSPS) is 26.3. The quantitative estimate of drug-likeness (QED) is 0.858. The molecule has 3 rings (SSSR count). The highest BCUT2D eigenvalue weighted by Crippen LogP contribution is 2.36. The van der Waals surface area contributed by atoms with Gasteiger partial charge in [0.25, 0.3) is 0 Å². The van der Waals surface area contributed by atoms with Gasteiger partial charge in [-0.1, -0.05) is 0 Å². The summed E-state index contributed by atoms with van der Waals surface area (Å²) in [6.45, 7) is 1.37. The third-order valence-electron chi connectivity index (χ3n) is 4.01. The minimum absolute atomic E-state index is 0.0622. The molecule has 1 aromatic heterocycles. The Labute approximate surface area is 111 Å². The van der Waals surface area contributed by atoms with Crippen molar-refractivity contribution in [3.8, 4) is 0 Å². The first-order valence-electron chi connectivity index (χ1n) is 6.76. The van der Waals surface area contributed by atoms with Gasteiger partial charge in [-0.2, -0.15) is 0 Å². The third-order valence-corrected chi connectivity index (χ3v) is 4.01. The molecule has 2 aliphatic rings. The number of nitrogens with zero attached hydrogens (tertiary/aromatic N) is 4. The van der Waals surface area contributed by atoms with Gasteiger partial charge in [0.1, 0.15) is 6.04 Å². The van der Waals surface area contributed by atoms with Crippen molar-refractivity contribution in [2.24, 2.45) is 5.73 Å². The van der Waals surface area contributed by atoms with E-state index in [0.717, 1.165) is 25.8 Å². The molecule has 1 aromatic rings. The number of rotatable bonds is 4. The minimum Gasteiger partial charge on any atom is -0.423 e. The van der Waals surface area contributed by atoms with Gasteiger partial charge in [0.15, 0.2) is 0 Å². The van der Waals surface area contributed by atoms with E-state index in [2.05, 4.69) is 10.2 Å². The van der Waals surface area contributed by atoms with E-state index in [1.54, 1.807) is 0 Å².